The molecule has 1 heterocycles. The number of rotatable bonds is 5. The summed E-state index contributed by atoms with van der Waals surface area (Å²) < 4.78 is 10.7. The number of nitrogens with zero attached hydrogens (tertiary/aromatic N) is 1. The molecule has 0 aromatic heterocycles. The van der Waals surface area contributed by atoms with Crippen LogP contribution in [0.15, 0.2) is 41.3 Å². The molecule has 0 saturated heterocycles. The molecular weight excluding hydrogens is 492 g/mol. The number of hydrogen-bond donors (Lipinski definition) is 3. The smallest absolute Gasteiger partial charge is 0.340 e. The lowest BCUT2D eigenvalue weighted by Gasteiger charge is -2.29. The maximum Gasteiger partial charge on any atom is 0.340 e. The van der Waals surface area contributed by atoms with E-state index >= 15 is 0 Å². The lowest BCUT2D eigenvalue weighted by atomic mass is 9.70. The highest BCUT2D eigenvalue weighted by Gasteiger charge is 2.56. The van der Waals surface area contributed by atoms with Gasteiger partial charge in [-0.05, 0) is 45.9 Å². The Morgan fingerprint density at radius 3 is 2.34 bits per heavy atom. The monoisotopic (exact) mass is 520 g/mol. The fourth-order valence-electron chi connectivity index (χ4n) is 4.92. The zero-order chi connectivity index (χ0) is 28.3. The van der Waals surface area contributed by atoms with E-state index in [-0.39, 0.29) is 45.0 Å². The molecule has 0 spiro atoms. The number of methoxy groups -OCH3 is 1. The molecule has 1 aliphatic carbocycles. The number of carbonyl (C=O) groups excluding carboxylic acids is 4. The first-order chi connectivity index (χ1) is 17.7. The van der Waals surface area contributed by atoms with Crippen LogP contribution in [-0.4, -0.2) is 54.7 Å². The number of benzene rings is 2. The van der Waals surface area contributed by atoms with E-state index in [1.807, 2.05) is 0 Å². The lowest BCUT2D eigenvalue weighted by molar-refractivity contribution is -0.123. The topological polar surface area (TPSA) is 142 Å². The highest BCUT2D eigenvalue weighted by molar-refractivity contribution is 6.31. The SMILES string of the molecule is COC(=O)c1cc(NC(C)=C2C(=O)C=C3Oc4c(C(C)=O)c(O)c(C)c(O)c4C3(C)C2=O)ccc1N(C)C. The fourth-order valence-corrected chi connectivity index (χ4v) is 4.92. The molecule has 0 fully saturated rings. The highest BCUT2D eigenvalue weighted by Crippen LogP contribution is 2.57. The molecule has 3 N–H and O–H groups in total. The van der Waals surface area contributed by atoms with Gasteiger partial charge in [-0.2, -0.15) is 0 Å². The average molecular weight is 521 g/mol. The number of fused-ring (bicyclic) bond motifs is 3. The van der Waals surface area contributed by atoms with Gasteiger partial charge in [0.1, 0.15) is 34.0 Å². The fraction of sp³-hybridized carbons (Fsp3) is 0.286. The molecule has 4 rings (SSSR count). The van der Waals surface area contributed by atoms with E-state index in [4.69, 9.17) is 9.47 Å². The number of ketones is 3. The molecule has 1 aliphatic heterocycles. The van der Waals surface area contributed by atoms with E-state index in [0.29, 0.717) is 11.4 Å². The lowest BCUT2D eigenvalue weighted by Crippen LogP contribution is -2.40. The summed E-state index contributed by atoms with van der Waals surface area (Å²) in [6, 6.07) is 4.95. The zero-order valence-electron chi connectivity index (χ0n) is 22.1. The van der Waals surface area contributed by atoms with Gasteiger partial charge in [0.25, 0.3) is 0 Å². The minimum Gasteiger partial charge on any atom is -0.507 e. The predicted molar refractivity (Wildman–Crippen MR) is 139 cm³/mol. The Labute approximate surface area is 219 Å². The molecule has 2 aliphatic rings. The molecule has 1 unspecified atom stereocenters. The molecule has 0 amide bonds. The summed E-state index contributed by atoms with van der Waals surface area (Å²) in [5.41, 5.74) is -0.412. The summed E-state index contributed by atoms with van der Waals surface area (Å²) in [7, 11) is 4.83. The molecular formula is C28H28N2O8. The molecule has 10 nitrogen and oxygen atoms in total. The van der Waals surface area contributed by atoms with Crippen LogP contribution in [0.5, 0.6) is 17.2 Å². The zero-order valence-corrected chi connectivity index (χ0v) is 22.1. The third-order valence-corrected chi connectivity index (χ3v) is 6.98. The van der Waals surface area contributed by atoms with Gasteiger partial charge in [-0.25, -0.2) is 4.79 Å². The molecule has 2 aromatic rings. The van der Waals surface area contributed by atoms with Gasteiger partial charge in [0.15, 0.2) is 17.3 Å². The Kier molecular flexibility index (Phi) is 6.30. The number of carbonyl (C=O) groups is 4. The van der Waals surface area contributed by atoms with Crippen LogP contribution < -0.4 is 15.0 Å². The molecule has 10 heteroatoms. The van der Waals surface area contributed by atoms with E-state index < -0.39 is 40.2 Å². The number of ether oxygens (including phenoxy) is 2. The van der Waals surface area contributed by atoms with Crippen molar-refractivity contribution in [2.75, 3.05) is 31.4 Å². The molecule has 198 valence electrons. The Balaban J connectivity index is 1.85. The van der Waals surface area contributed by atoms with Crippen molar-refractivity contribution < 1.29 is 38.9 Å². The minimum atomic E-state index is -1.62. The van der Waals surface area contributed by atoms with Crippen LogP contribution in [0.25, 0.3) is 0 Å². The quantitative estimate of drug-likeness (QED) is 0.232. The van der Waals surface area contributed by atoms with Crippen molar-refractivity contribution >= 4 is 34.7 Å². The second-order valence-electron chi connectivity index (χ2n) is 9.63. The third kappa shape index (κ3) is 3.71. The van der Waals surface area contributed by atoms with Crippen molar-refractivity contribution in [3.63, 3.8) is 0 Å². The highest BCUT2D eigenvalue weighted by atomic mass is 16.5. The summed E-state index contributed by atoms with van der Waals surface area (Å²) in [5, 5.41) is 24.5. The van der Waals surface area contributed by atoms with Crippen molar-refractivity contribution in [2.24, 2.45) is 0 Å². The summed E-state index contributed by atoms with van der Waals surface area (Å²) in [6.07, 6.45) is 1.15. The number of allylic oxidation sites excluding steroid dienone is 4. The van der Waals surface area contributed by atoms with E-state index in [9.17, 15) is 29.4 Å². The number of anilines is 2. The normalized spacial score (nSPS) is 19.2. The Morgan fingerprint density at radius 2 is 1.76 bits per heavy atom. The summed E-state index contributed by atoms with van der Waals surface area (Å²) in [5.74, 6) is -3.43. The molecule has 38 heavy (non-hydrogen) atoms. The van der Waals surface area contributed by atoms with E-state index in [0.717, 1.165) is 6.08 Å². The largest absolute Gasteiger partial charge is 0.507 e. The van der Waals surface area contributed by atoms with Crippen molar-refractivity contribution in [3.8, 4) is 17.2 Å². The molecule has 0 saturated carbocycles. The van der Waals surface area contributed by atoms with Crippen LogP contribution in [-0.2, 0) is 19.7 Å². The van der Waals surface area contributed by atoms with Gasteiger partial charge in [-0.15, -0.1) is 0 Å². The predicted octanol–water partition coefficient (Wildman–Crippen LogP) is 3.53. The molecule has 0 bridgehead atoms. The van der Waals surface area contributed by atoms with Gasteiger partial charge >= 0.3 is 5.97 Å². The van der Waals surface area contributed by atoms with E-state index in [1.54, 1.807) is 44.1 Å². The second-order valence-corrected chi connectivity index (χ2v) is 9.63. The van der Waals surface area contributed by atoms with Gasteiger partial charge < -0.3 is 29.9 Å². The first-order valence-electron chi connectivity index (χ1n) is 11.7. The first kappa shape index (κ1) is 26.5. The number of aromatic hydroxyl groups is 2. The van der Waals surface area contributed by atoms with Crippen molar-refractivity contribution in [1.82, 2.24) is 0 Å². The van der Waals surface area contributed by atoms with Gasteiger partial charge in [0.05, 0.1) is 29.5 Å². The summed E-state index contributed by atoms with van der Waals surface area (Å²) in [6.45, 7) is 5.68. The van der Waals surface area contributed by atoms with Crippen LogP contribution in [0.3, 0.4) is 0 Å². The van der Waals surface area contributed by atoms with E-state index in [2.05, 4.69) is 5.32 Å². The number of phenols is 2. The number of Topliss-reactive ketones (excluding diaryl/α,β-unsaturated/α-hetero) is 2. The first-order valence-corrected chi connectivity index (χ1v) is 11.7. The van der Waals surface area contributed by atoms with Crippen molar-refractivity contribution in [1.29, 1.82) is 0 Å². The maximum atomic E-state index is 13.9. The number of nitrogens with one attached hydrogen (secondary N) is 1. The van der Waals surface area contributed by atoms with Gasteiger partial charge in [-0.1, -0.05) is 0 Å². The number of hydrogen-bond acceptors (Lipinski definition) is 10. The van der Waals surface area contributed by atoms with Crippen molar-refractivity contribution in [2.45, 2.75) is 33.1 Å². The maximum absolute atomic E-state index is 13.9. The number of phenolic OH excluding ortho intramolecular Hbond substituents is 2. The molecule has 0 radical (unpaired) electrons. The van der Waals surface area contributed by atoms with Gasteiger partial charge in [0.2, 0.25) is 0 Å². The van der Waals surface area contributed by atoms with Crippen LogP contribution in [0, 0.1) is 6.92 Å². The van der Waals surface area contributed by atoms with Crippen LogP contribution in [0.2, 0.25) is 0 Å². The van der Waals surface area contributed by atoms with Crippen LogP contribution in [0.1, 0.15) is 52.6 Å². The van der Waals surface area contributed by atoms with Gasteiger partial charge in [-0.3, -0.25) is 14.4 Å². The second kappa shape index (κ2) is 9.05. The summed E-state index contributed by atoms with van der Waals surface area (Å²) >= 11 is 0. The van der Waals surface area contributed by atoms with Gasteiger partial charge in [0, 0.05) is 37.1 Å². The average Bonchev–Trinajstić information content (AvgIpc) is 3.14. The molecule has 1 atom stereocenters. The Hall–Kier alpha value is -4.60. The van der Waals surface area contributed by atoms with Crippen molar-refractivity contribution in [3.05, 3.63) is 63.6 Å². The Morgan fingerprint density at radius 1 is 1.11 bits per heavy atom. The third-order valence-electron chi connectivity index (χ3n) is 6.98. The summed E-state index contributed by atoms with van der Waals surface area (Å²) in [4.78, 5) is 53.5. The van der Waals surface area contributed by atoms with Crippen LogP contribution in [0.4, 0.5) is 11.4 Å². The van der Waals surface area contributed by atoms with E-state index in [1.165, 1.54) is 27.9 Å². The number of esters is 1. The van der Waals surface area contributed by atoms with Crippen LogP contribution >= 0.6 is 0 Å². The Bertz CT molecular complexity index is 1520. The minimum absolute atomic E-state index is 0.00960. The standard InChI is InChI=1S/C28H28N2O8/c1-12-23(33)21(14(3)31)25-22(24(12)34)28(4)19(38-25)11-18(32)20(26(28)35)13(2)29-15-8-9-17(30(5)6)16(10-15)27(36)37-7/h8-11,29,33-34H,1-7H3. The molecule has 2 aromatic carbocycles.